The lowest BCUT2D eigenvalue weighted by Crippen LogP contribution is -2.47. The zero-order valence-corrected chi connectivity index (χ0v) is 19.9. The first-order valence-corrected chi connectivity index (χ1v) is 11.6. The van der Waals surface area contributed by atoms with Crippen LogP contribution in [-0.4, -0.2) is 34.1 Å². The molecule has 0 aliphatic carbocycles. The first-order chi connectivity index (χ1) is 17.9. The van der Waals surface area contributed by atoms with E-state index >= 15 is 0 Å². The van der Waals surface area contributed by atoms with Crippen LogP contribution in [0.2, 0.25) is 0 Å². The Balaban J connectivity index is 1.75. The van der Waals surface area contributed by atoms with Crippen molar-refractivity contribution in [3.8, 4) is 5.75 Å². The van der Waals surface area contributed by atoms with Gasteiger partial charge in [0.1, 0.15) is 18.4 Å². The topological polar surface area (TPSA) is 104 Å². The van der Waals surface area contributed by atoms with Crippen molar-refractivity contribution in [1.29, 1.82) is 0 Å². The average Bonchev–Trinajstić information content (AvgIpc) is 2.93. The summed E-state index contributed by atoms with van der Waals surface area (Å²) < 4.78 is 5.55. The smallest absolute Gasteiger partial charge is 0.415 e. The zero-order chi connectivity index (χ0) is 26.2. The Morgan fingerprint density at radius 3 is 1.97 bits per heavy atom. The lowest BCUT2D eigenvalue weighted by molar-refractivity contribution is -0.138. The van der Waals surface area contributed by atoms with Crippen LogP contribution in [0.15, 0.2) is 109 Å². The van der Waals surface area contributed by atoms with Crippen molar-refractivity contribution < 1.29 is 29.3 Å². The zero-order valence-electron chi connectivity index (χ0n) is 19.9. The standard InChI is InChI=1S/C30H25NO6/c32-24-17-15-21(16-18-24)19-27(29(34)35)31(30(36)37-20-22-9-3-1-4-10-22)26-14-8-7-13-25(26)28(33)23-11-5-2-6-12-23/h1-18,27,32H,19-20H2,(H,34,35)/t27-/m0/s1. The number of para-hydroxylation sites is 1. The molecule has 1 amide bonds. The molecule has 1 atom stereocenters. The second-order valence-corrected chi connectivity index (χ2v) is 8.35. The first kappa shape index (κ1) is 25.2. The van der Waals surface area contributed by atoms with E-state index in [2.05, 4.69) is 0 Å². The number of carbonyl (C=O) groups excluding carboxylic acids is 2. The van der Waals surface area contributed by atoms with Crippen LogP contribution < -0.4 is 4.90 Å². The third kappa shape index (κ3) is 6.21. The molecular weight excluding hydrogens is 470 g/mol. The van der Waals surface area contributed by atoms with Gasteiger partial charge in [0.15, 0.2) is 5.78 Å². The summed E-state index contributed by atoms with van der Waals surface area (Å²) in [5, 5.41) is 19.8. The number of nitrogens with zero attached hydrogens (tertiary/aromatic N) is 1. The number of carbonyl (C=O) groups is 3. The van der Waals surface area contributed by atoms with Gasteiger partial charge in [-0.1, -0.05) is 84.9 Å². The summed E-state index contributed by atoms with van der Waals surface area (Å²) in [5.74, 6) is -1.59. The predicted molar refractivity (Wildman–Crippen MR) is 139 cm³/mol. The molecule has 4 aromatic rings. The molecule has 0 spiro atoms. The van der Waals surface area contributed by atoms with E-state index in [0.717, 1.165) is 10.5 Å². The van der Waals surface area contributed by atoms with Crippen molar-refractivity contribution in [3.63, 3.8) is 0 Å². The molecule has 0 saturated carbocycles. The van der Waals surface area contributed by atoms with E-state index in [4.69, 9.17) is 4.74 Å². The summed E-state index contributed by atoms with van der Waals surface area (Å²) >= 11 is 0. The number of hydrogen-bond donors (Lipinski definition) is 2. The fourth-order valence-corrected chi connectivity index (χ4v) is 3.95. The van der Waals surface area contributed by atoms with Crippen molar-refractivity contribution in [2.45, 2.75) is 19.1 Å². The molecule has 0 aliphatic rings. The lowest BCUT2D eigenvalue weighted by atomic mass is 9.98. The second-order valence-electron chi connectivity index (χ2n) is 8.35. The highest BCUT2D eigenvalue weighted by Gasteiger charge is 2.35. The number of ether oxygens (including phenoxy) is 1. The van der Waals surface area contributed by atoms with Gasteiger partial charge in [-0.05, 0) is 35.4 Å². The Kier molecular flexibility index (Phi) is 7.95. The minimum atomic E-state index is -1.39. The van der Waals surface area contributed by atoms with Gasteiger partial charge in [0.25, 0.3) is 0 Å². The molecule has 2 N–H and O–H groups in total. The third-order valence-corrected chi connectivity index (χ3v) is 5.81. The quantitative estimate of drug-likeness (QED) is 0.299. The van der Waals surface area contributed by atoms with Crippen molar-refractivity contribution in [3.05, 3.63) is 131 Å². The Morgan fingerprint density at radius 2 is 1.32 bits per heavy atom. The van der Waals surface area contributed by atoms with Crippen LogP contribution in [0.3, 0.4) is 0 Å². The molecule has 0 radical (unpaired) electrons. The summed E-state index contributed by atoms with van der Waals surface area (Å²) in [6.07, 6.45) is -0.979. The van der Waals surface area contributed by atoms with Crippen LogP contribution in [0, 0.1) is 0 Å². The number of benzene rings is 4. The van der Waals surface area contributed by atoms with Crippen LogP contribution in [0.5, 0.6) is 5.75 Å². The predicted octanol–water partition coefficient (Wildman–Crippen LogP) is 5.46. The average molecular weight is 496 g/mol. The second kappa shape index (κ2) is 11.7. The van der Waals surface area contributed by atoms with E-state index in [1.165, 1.54) is 18.2 Å². The van der Waals surface area contributed by atoms with Gasteiger partial charge in [0.2, 0.25) is 0 Å². The van der Waals surface area contributed by atoms with Gasteiger partial charge >= 0.3 is 12.1 Å². The molecule has 4 aromatic carbocycles. The van der Waals surface area contributed by atoms with Gasteiger partial charge in [0.05, 0.1) is 5.69 Å². The number of ketones is 1. The van der Waals surface area contributed by atoms with E-state index in [0.29, 0.717) is 11.1 Å². The van der Waals surface area contributed by atoms with Gasteiger partial charge in [-0.25, -0.2) is 9.59 Å². The summed E-state index contributed by atoms with van der Waals surface area (Å²) in [7, 11) is 0. The van der Waals surface area contributed by atoms with Gasteiger partial charge in [-0.2, -0.15) is 0 Å². The Labute approximate surface area is 214 Å². The van der Waals surface area contributed by atoms with Crippen LogP contribution in [0.4, 0.5) is 10.5 Å². The summed E-state index contributed by atoms with van der Waals surface area (Å²) in [4.78, 5) is 40.5. The number of rotatable bonds is 9. The van der Waals surface area contributed by atoms with Crippen molar-refractivity contribution in [2.24, 2.45) is 0 Å². The van der Waals surface area contributed by atoms with Crippen LogP contribution in [0.25, 0.3) is 0 Å². The maximum atomic E-state index is 13.5. The SMILES string of the molecule is O=C(c1ccccc1)c1ccccc1N(C(=O)OCc1ccccc1)[C@@H](Cc1ccc(O)cc1)C(=O)O. The fourth-order valence-electron chi connectivity index (χ4n) is 3.95. The third-order valence-electron chi connectivity index (χ3n) is 5.81. The maximum absolute atomic E-state index is 13.5. The highest BCUT2D eigenvalue weighted by Crippen LogP contribution is 2.28. The van der Waals surface area contributed by atoms with E-state index in [-0.39, 0.29) is 35.8 Å². The minimum Gasteiger partial charge on any atom is -0.508 e. The monoisotopic (exact) mass is 495 g/mol. The molecule has 7 heteroatoms. The van der Waals surface area contributed by atoms with E-state index in [1.807, 2.05) is 6.07 Å². The minimum absolute atomic E-state index is 0.0357. The van der Waals surface area contributed by atoms with E-state index in [9.17, 15) is 24.6 Å². The van der Waals surface area contributed by atoms with Gasteiger partial charge < -0.3 is 14.9 Å². The molecular formula is C30H25NO6. The molecule has 0 aromatic heterocycles. The molecule has 37 heavy (non-hydrogen) atoms. The molecule has 0 fully saturated rings. The molecule has 0 unspecified atom stereocenters. The Morgan fingerprint density at radius 1 is 0.730 bits per heavy atom. The number of aromatic hydroxyl groups is 1. The number of anilines is 1. The van der Waals surface area contributed by atoms with Crippen molar-refractivity contribution >= 4 is 23.5 Å². The Hall–Kier alpha value is -4.91. The molecule has 0 aliphatic heterocycles. The maximum Gasteiger partial charge on any atom is 0.415 e. The number of carboxylic acid groups (broad SMARTS) is 1. The Bertz CT molecular complexity index is 1370. The highest BCUT2D eigenvalue weighted by atomic mass is 16.6. The number of phenolic OH excluding ortho intramolecular Hbond substituents is 1. The molecule has 4 rings (SSSR count). The first-order valence-electron chi connectivity index (χ1n) is 11.6. The molecule has 0 bridgehead atoms. The number of amides is 1. The van der Waals surface area contributed by atoms with E-state index < -0.39 is 18.1 Å². The van der Waals surface area contributed by atoms with Crippen molar-refractivity contribution in [2.75, 3.05) is 4.90 Å². The van der Waals surface area contributed by atoms with Gasteiger partial charge in [-0.15, -0.1) is 0 Å². The molecule has 186 valence electrons. The highest BCUT2D eigenvalue weighted by molar-refractivity contribution is 6.14. The number of hydrogen-bond acceptors (Lipinski definition) is 5. The number of aliphatic carboxylic acids is 1. The van der Waals surface area contributed by atoms with Crippen LogP contribution >= 0.6 is 0 Å². The lowest BCUT2D eigenvalue weighted by Gasteiger charge is -2.30. The van der Waals surface area contributed by atoms with Crippen molar-refractivity contribution in [1.82, 2.24) is 0 Å². The van der Waals surface area contributed by atoms with Gasteiger partial charge in [-0.3, -0.25) is 9.69 Å². The molecule has 0 heterocycles. The number of phenols is 1. The van der Waals surface area contributed by atoms with Crippen LogP contribution in [-0.2, 0) is 22.6 Å². The van der Waals surface area contributed by atoms with Crippen LogP contribution in [0.1, 0.15) is 27.0 Å². The van der Waals surface area contributed by atoms with E-state index in [1.54, 1.807) is 84.9 Å². The number of carboxylic acids is 1. The largest absolute Gasteiger partial charge is 0.508 e. The molecule has 7 nitrogen and oxygen atoms in total. The molecule has 0 saturated heterocycles. The summed E-state index contributed by atoms with van der Waals surface area (Å²) in [5.41, 5.74) is 2.01. The van der Waals surface area contributed by atoms with Gasteiger partial charge in [0, 0.05) is 17.5 Å². The fraction of sp³-hybridized carbons (Fsp3) is 0.100. The normalized spacial score (nSPS) is 11.4. The summed E-state index contributed by atoms with van der Waals surface area (Å²) in [6.45, 7) is -0.0729. The summed E-state index contributed by atoms with van der Waals surface area (Å²) in [6, 6.07) is 28.6.